The Morgan fingerprint density at radius 3 is 2.52 bits per heavy atom. The molecule has 25 heavy (non-hydrogen) atoms. The number of aromatic amines is 1. The van der Waals surface area contributed by atoms with Crippen molar-refractivity contribution in [3.8, 4) is 0 Å². The monoisotopic (exact) mass is 342 g/mol. The number of carbonyl (C=O) groups excluding carboxylic acids is 1. The number of rotatable bonds is 6. The highest BCUT2D eigenvalue weighted by Gasteiger charge is 2.21. The van der Waals surface area contributed by atoms with Crippen molar-refractivity contribution in [3.05, 3.63) is 53.7 Å². The van der Waals surface area contributed by atoms with Crippen LogP contribution >= 0.6 is 0 Å². The van der Waals surface area contributed by atoms with Gasteiger partial charge in [-0.3, -0.25) is 5.10 Å². The standard InChI is InChI=1S/C16H18N6O3/c23-16(17-4-15-13-2-1-3-14(13)20-21-15)22(5-11-7-24-9-18-11)6-12-8-25-10-19-12/h7-10H,1-6H2,(H,17,23)(H,20,21). The maximum atomic E-state index is 12.7. The third kappa shape index (κ3) is 3.39. The summed E-state index contributed by atoms with van der Waals surface area (Å²) in [4.78, 5) is 22.4. The predicted octanol–water partition coefficient (Wildman–Crippen LogP) is 1.79. The minimum Gasteiger partial charge on any atom is -0.451 e. The SMILES string of the molecule is O=C(NCc1n[nH]c2c1CCC2)N(Cc1cocn1)Cc1cocn1. The number of fused-ring (bicyclic) bond motifs is 1. The quantitative estimate of drug-likeness (QED) is 0.706. The van der Waals surface area contributed by atoms with Crippen LogP contribution < -0.4 is 5.32 Å². The molecule has 9 heteroatoms. The first-order valence-corrected chi connectivity index (χ1v) is 8.11. The number of aryl methyl sites for hydroxylation is 1. The summed E-state index contributed by atoms with van der Waals surface area (Å²) in [5.74, 6) is 0. The fraction of sp³-hybridized carbons (Fsp3) is 0.375. The smallest absolute Gasteiger partial charge is 0.318 e. The van der Waals surface area contributed by atoms with Gasteiger partial charge in [0.25, 0.3) is 0 Å². The number of amides is 2. The molecule has 0 unspecified atom stereocenters. The lowest BCUT2D eigenvalue weighted by Gasteiger charge is -2.21. The molecule has 0 bridgehead atoms. The van der Waals surface area contributed by atoms with Gasteiger partial charge in [0.15, 0.2) is 12.8 Å². The van der Waals surface area contributed by atoms with Crippen molar-refractivity contribution in [3.63, 3.8) is 0 Å². The number of carbonyl (C=O) groups is 1. The van der Waals surface area contributed by atoms with Crippen molar-refractivity contribution in [2.24, 2.45) is 0 Å². The van der Waals surface area contributed by atoms with Crippen LogP contribution in [0.15, 0.2) is 34.1 Å². The second kappa shape index (κ2) is 6.80. The Balaban J connectivity index is 1.43. The van der Waals surface area contributed by atoms with E-state index >= 15 is 0 Å². The van der Waals surface area contributed by atoms with E-state index in [0.717, 1.165) is 25.0 Å². The van der Waals surface area contributed by atoms with Gasteiger partial charge in [0.2, 0.25) is 0 Å². The number of nitrogens with zero attached hydrogens (tertiary/aromatic N) is 4. The lowest BCUT2D eigenvalue weighted by Crippen LogP contribution is -2.39. The zero-order valence-electron chi connectivity index (χ0n) is 13.6. The summed E-state index contributed by atoms with van der Waals surface area (Å²) >= 11 is 0. The second-order valence-electron chi connectivity index (χ2n) is 5.96. The van der Waals surface area contributed by atoms with Crippen molar-refractivity contribution in [2.45, 2.75) is 38.9 Å². The molecule has 3 heterocycles. The van der Waals surface area contributed by atoms with Crippen molar-refractivity contribution >= 4 is 6.03 Å². The van der Waals surface area contributed by atoms with Gasteiger partial charge in [0.05, 0.1) is 36.7 Å². The fourth-order valence-corrected chi connectivity index (χ4v) is 3.03. The number of nitrogens with one attached hydrogen (secondary N) is 2. The number of urea groups is 1. The molecule has 0 saturated carbocycles. The minimum absolute atomic E-state index is 0.222. The molecule has 9 nitrogen and oxygen atoms in total. The van der Waals surface area contributed by atoms with Crippen molar-refractivity contribution in [1.29, 1.82) is 0 Å². The van der Waals surface area contributed by atoms with E-state index in [4.69, 9.17) is 8.83 Å². The van der Waals surface area contributed by atoms with E-state index in [0.29, 0.717) is 31.0 Å². The molecule has 1 aliphatic rings. The Morgan fingerprint density at radius 2 is 1.88 bits per heavy atom. The molecule has 0 aliphatic heterocycles. The lowest BCUT2D eigenvalue weighted by molar-refractivity contribution is 0.190. The molecule has 0 atom stereocenters. The van der Waals surface area contributed by atoms with Crippen molar-refractivity contribution in [1.82, 2.24) is 30.4 Å². The van der Waals surface area contributed by atoms with Crippen LogP contribution in [0.5, 0.6) is 0 Å². The first-order chi connectivity index (χ1) is 12.3. The first-order valence-electron chi connectivity index (χ1n) is 8.11. The molecule has 0 radical (unpaired) electrons. The molecule has 0 spiro atoms. The average Bonchev–Trinajstić information content (AvgIpc) is 3.37. The summed E-state index contributed by atoms with van der Waals surface area (Å²) in [6.45, 7) is 1.01. The van der Waals surface area contributed by atoms with E-state index in [1.54, 1.807) is 4.90 Å². The third-order valence-corrected chi connectivity index (χ3v) is 4.26. The molecule has 0 fully saturated rings. The Kier molecular flexibility index (Phi) is 4.19. The van der Waals surface area contributed by atoms with Crippen LogP contribution in [0.1, 0.15) is 34.8 Å². The lowest BCUT2D eigenvalue weighted by atomic mass is 10.2. The molecular weight excluding hydrogens is 324 g/mol. The third-order valence-electron chi connectivity index (χ3n) is 4.26. The van der Waals surface area contributed by atoms with Gasteiger partial charge >= 0.3 is 6.03 Å². The molecule has 3 aromatic rings. The van der Waals surface area contributed by atoms with Crippen LogP contribution in [0.2, 0.25) is 0 Å². The summed E-state index contributed by atoms with van der Waals surface area (Å²) in [5, 5.41) is 10.3. The van der Waals surface area contributed by atoms with Gasteiger partial charge in [-0.2, -0.15) is 5.10 Å². The number of H-pyrrole nitrogens is 1. The van der Waals surface area contributed by atoms with Gasteiger partial charge < -0.3 is 19.1 Å². The minimum atomic E-state index is -0.222. The molecule has 130 valence electrons. The number of oxazole rings is 2. The highest BCUT2D eigenvalue weighted by atomic mass is 16.3. The topological polar surface area (TPSA) is 113 Å². The second-order valence-corrected chi connectivity index (χ2v) is 5.96. The molecule has 3 aromatic heterocycles. The summed E-state index contributed by atoms with van der Waals surface area (Å²) in [6, 6.07) is -0.222. The van der Waals surface area contributed by atoms with E-state index in [2.05, 4.69) is 25.5 Å². The largest absolute Gasteiger partial charge is 0.451 e. The van der Waals surface area contributed by atoms with Gasteiger partial charge in [-0.15, -0.1) is 0 Å². The van der Waals surface area contributed by atoms with Gasteiger partial charge in [-0.25, -0.2) is 14.8 Å². The molecule has 0 saturated heterocycles. The number of hydrogen-bond donors (Lipinski definition) is 2. The normalized spacial score (nSPS) is 13.0. The highest BCUT2D eigenvalue weighted by Crippen LogP contribution is 2.22. The van der Waals surface area contributed by atoms with E-state index in [-0.39, 0.29) is 6.03 Å². The average molecular weight is 342 g/mol. The number of aromatic nitrogens is 4. The van der Waals surface area contributed by atoms with Gasteiger partial charge in [-0.05, 0) is 24.8 Å². The van der Waals surface area contributed by atoms with Crippen molar-refractivity contribution < 1.29 is 13.6 Å². The van der Waals surface area contributed by atoms with E-state index in [1.165, 1.54) is 36.6 Å². The van der Waals surface area contributed by atoms with E-state index < -0.39 is 0 Å². The highest BCUT2D eigenvalue weighted by molar-refractivity contribution is 5.74. The Bertz CT molecular complexity index is 788. The first kappa shape index (κ1) is 15.4. The Morgan fingerprint density at radius 1 is 1.16 bits per heavy atom. The Labute approximate surface area is 143 Å². The fourth-order valence-electron chi connectivity index (χ4n) is 3.03. The molecule has 1 aliphatic carbocycles. The van der Waals surface area contributed by atoms with E-state index in [9.17, 15) is 4.79 Å². The van der Waals surface area contributed by atoms with Crippen LogP contribution in [0, 0.1) is 0 Å². The van der Waals surface area contributed by atoms with Crippen LogP contribution in [-0.4, -0.2) is 31.1 Å². The van der Waals surface area contributed by atoms with Crippen LogP contribution in [-0.2, 0) is 32.5 Å². The zero-order valence-corrected chi connectivity index (χ0v) is 13.6. The van der Waals surface area contributed by atoms with Gasteiger partial charge in [0, 0.05) is 5.69 Å². The summed E-state index contributed by atoms with van der Waals surface area (Å²) < 4.78 is 9.96. The van der Waals surface area contributed by atoms with Gasteiger partial charge in [0.1, 0.15) is 12.5 Å². The molecular formula is C16H18N6O3. The molecule has 2 N–H and O–H groups in total. The summed E-state index contributed by atoms with van der Waals surface area (Å²) in [6.07, 6.45) is 8.89. The summed E-state index contributed by atoms with van der Waals surface area (Å²) in [5.41, 5.74) is 4.66. The number of hydrogen-bond acceptors (Lipinski definition) is 6. The van der Waals surface area contributed by atoms with Crippen LogP contribution in [0.4, 0.5) is 4.79 Å². The summed E-state index contributed by atoms with van der Waals surface area (Å²) in [7, 11) is 0. The maximum Gasteiger partial charge on any atom is 0.318 e. The van der Waals surface area contributed by atoms with Crippen LogP contribution in [0.25, 0.3) is 0 Å². The maximum absolute atomic E-state index is 12.7. The zero-order chi connectivity index (χ0) is 17.1. The molecule has 4 rings (SSSR count). The van der Waals surface area contributed by atoms with Crippen molar-refractivity contribution in [2.75, 3.05) is 0 Å². The van der Waals surface area contributed by atoms with E-state index in [1.807, 2.05) is 0 Å². The van der Waals surface area contributed by atoms with Crippen LogP contribution in [0.3, 0.4) is 0 Å². The predicted molar refractivity (Wildman–Crippen MR) is 85.1 cm³/mol. The van der Waals surface area contributed by atoms with Gasteiger partial charge in [-0.1, -0.05) is 0 Å². The molecule has 0 aromatic carbocycles. The molecule has 2 amide bonds. The Hall–Kier alpha value is -3.10.